The van der Waals surface area contributed by atoms with E-state index in [4.69, 9.17) is 23.2 Å². The lowest BCUT2D eigenvalue weighted by atomic mass is 10.0. The third-order valence-corrected chi connectivity index (χ3v) is 3.74. The van der Waals surface area contributed by atoms with Gasteiger partial charge in [0.2, 0.25) is 0 Å². The summed E-state index contributed by atoms with van der Waals surface area (Å²) in [5.41, 5.74) is 3.00. The van der Waals surface area contributed by atoms with Crippen LogP contribution in [0.5, 0.6) is 0 Å². The van der Waals surface area contributed by atoms with Crippen LogP contribution in [0.4, 0.5) is 0 Å². The van der Waals surface area contributed by atoms with Gasteiger partial charge in [0.1, 0.15) is 0 Å². The first-order chi connectivity index (χ1) is 9.68. The number of fused-ring (bicyclic) bond motifs is 1. The molecule has 0 fully saturated rings. The van der Waals surface area contributed by atoms with Crippen LogP contribution in [0, 0.1) is 0 Å². The first kappa shape index (κ1) is 13.1. The predicted molar refractivity (Wildman–Crippen MR) is 82.4 cm³/mol. The summed E-state index contributed by atoms with van der Waals surface area (Å²) in [6.07, 6.45) is 1.42. The Morgan fingerprint density at radius 3 is 2.45 bits per heavy atom. The number of hydrogen-bond donors (Lipinski definition) is 0. The van der Waals surface area contributed by atoms with Gasteiger partial charge < -0.3 is 0 Å². The number of carbonyl (C=O) groups excluding carboxylic acids is 1. The van der Waals surface area contributed by atoms with Gasteiger partial charge >= 0.3 is 0 Å². The van der Waals surface area contributed by atoms with E-state index in [0.717, 1.165) is 22.0 Å². The Labute approximate surface area is 126 Å². The number of para-hydroxylation sites is 1. The summed E-state index contributed by atoms with van der Waals surface area (Å²) in [5, 5.41) is 0.460. The summed E-state index contributed by atoms with van der Waals surface area (Å²) in [5.74, 6) is 0. The van der Waals surface area contributed by atoms with Crippen LogP contribution in [0.2, 0.25) is 5.02 Å². The van der Waals surface area contributed by atoms with Gasteiger partial charge in [0.05, 0.1) is 16.1 Å². The fourth-order valence-electron chi connectivity index (χ4n) is 2.18. The topological polar surface area (TPSA) is 30.0 Å². The monoisotopic (exact) mass is 301 g/mol. The molecule has 0 aliphatic rings. The van der Waals surface area contributed by atoms with Gasteiger partial charge in [-0.2, -0.15) is 0 Å². The Kier molecular flexibility index (Phi) is 3.43. The highest BCUT2D eigenvalue weighted by molar-refractivity contribution is 6.69. The maximum Gasteiger partial charge on any atom is 0.255 e. The fraction of sp³-hybridized carbons (Fsp3) is 0. The van der Waals surface area contributed by atoms with E-state index in [1.165, 1.54) is 6.20 Å². The zero-order valence-electron chi connectivity index (χ0n) is 10.3. The zero-order valence-corrected chi connectivity index (χ0v) is 11.8. The summed E-state index contributed by atoms with van der Waals surface area (Å²) in [6, 6.07) is 15.6. The summed E-state index contributed by atoms with van der Waals surface area (Å²) < 4.78 is 0. The van der Waals surface area contributed by atoms with Gasteiger partial charge in [-0.25, -0.2) is 0 Å². The number of aromatic nitrogens is 1. The molecule has 0 amide bonds. The molecular weight excluding hydrogens is 293 g/mol. The van der Waals surface area contributed by atoms with Crippen LogP contribution >= 0.6 is 23.2 Å². The molecule has 3 rings (SSSR count). The molecule has 0 saturated heterocycles. The second-order valence-electron chi connectivity index (χ2n) is 4.33. The average molecular weight is 302 g/mol. The summed E-state index contributed by atoms with van der Waals surface area (Å²) in [7, 11) is 0. The van der Waals surface area contributed by atoms with E-state index in [0.29, 0.717) is 5.02 Å². The van der Waals surface area contributed by atoms with E-state index in [1.54, 1.807) is 0 Å². The van der Waals surface area contributed by atoms with Gasteiger partial charge in [0.25, 0.3) is 5.24 Å². The van der Waals surface area contributed by atoms with Gasteiger partial charge in [0, 0.05) is 17.1 Å². The first-order valence-electron chi connectivity index (χ1n) is 6.01. The molecule has 0 saturated carbocycles. The molecule has 0 atom stereocenters. The highest BCUT2D eigenvalue weighted by Gasteiger charge is 2.14. The minimum Gasteiger partial charge on any atom is -0.275 e. The van der Waals surface area contributed by atoms with E-state index in [2.05, 4.69) is 4.98 Å². The Morgan fingerprint density at radius 2 is 1.75 bits per heavy atom. The fourth-order valence-corrected chi connectivity index (χ4v) is 2.66. The molecule has 0 spiro atoms. The first-order valence-corrected chi connectivity index (χ1v) is 6.76. The summed E-state index contributed by atoms with van der Waals surface area (Å²) >= 11 is 11.8. The molecule has 3 aromatic rings. The van der Waals surface area contributed by atoms with Crippen LogP contribution in [0.25, 0.3) is 22.0 Å². The average Bonchev–Trinajstić information content (AvgIpc) is 2.48. The number of pyridine rings is 1. The van der Waals surface area contributed by atoms with Crippen LogP contribution in [0.3, 0.4) is 0 Å². The molecule has 0 aliphatic heterocycles. The van der Waals surface area contributed by atoms with Crippen molar-refractivity contribution in [1.82, 2.24) is 4.98 Å². The highest BCUT2D eigenvalue weighted by atomic mass is 35.5. The molecule has 0 unspecified atom stereocenters. The summed E-state index contributed by atoms with van der Waals surface area (Å²) in [6.45, 7) is 0. The normalized spacial score (nSPS) is 10.7. The number of hydrogen-bond acceptors (Lipinski definition) is 2. The smallest absolute Gasteiger partial charge is 0.255 e. The lowest BCUT2D eigenvalue weighted by molar-refractivity contribution is 0.108. The van der Waals surface area contributed by atoms with Crippen molar-refractivity contribution in [1.29, 1.82) is 0 Å². The van der Waals surface area contributed by atoms with Crippen molar-refractivity contribution < 1.29 is 4.79 Å². The maximum absolute atomic E-state index is 11.3. The molecule has 20 heavy (non-hydrogen) atoms. The molecule has 0 radical (unpaired) electrons. The zero-order chi connectivity index (χ0) is 14.1. The lowest BCUT2D eigenvalue weighted by Gasteiger charge is -2.08. The van der Waals surface area contributed by atoms with Gasteiger partial charge in [-0.3, -0.25) is 9.78 Å². The van der Waals surface area contributed by atoms with Crippen LogP contribution in [0.1, 0.15) is 10.4 Å². The van der Waals surface area contributed by atoms with Gasteiger partial charge in [-0.05, 0) is 17.2 Å². The number of carbonyl (C=O) groups is 1. The van der Waals surface area contributed by atoms with E-state index < -0.39 is 5.24 Å². The number of halogens is 2. The van der Waals surface area contributed by atoms with Crippen molar-refractivity contribution in [2.45, 2.75) is 0 Å². The third kappa shape index (κ3) is 2.17. The van der Waals surface area contributed by atoms with Crippen molar-refractivity contribution in [3.63, 3.8) is 0 Å². The van der Waals surface area contributed by atoms with E-state index in [-0.39, 0.29) is 5.56 Å². The standard InChI is InChI=1S/C16H9Cl2NO/c17-14-12-8-4-7-11(10-5-2-1-3-6-10)15(12)19-9-13(14)16(18)20/h1-9H. The lowest BCUT2D eigenvalue weighted by Crippen LogP contribution is -1.94. The second kappa shape index (κ2) is 5.23. The van der Waals surface area contributed by atoms with Crippen molar-refractivity contribution in [2.75, 3.05) is 0 Å². The van der Waals surface area contributed by atoms with Crippen LogP contribution in [0.15, 0.2) is 54.7 Å². The van der Waals surface area contributed by atoms with Crippen LogP contribution in [-0.4, -0.2) is 10.2 Å². The van der Waals surface area contributed by atoms with Crippen molar-refractivity contribution in [3.05, 3.63) is 65.3 Å². The molecule has 2 nitrogen and oxygen atoms in total. The molecule has 0 bridgehead atoms. The maximum atomic E-state index is 11.3. The van der Waals surface area contributed by atoms with E-state index >= 15 is 0 Å². The molecule has 1 aromatic heterocycles. The highest BCUT2D eigenvalue weighted by Crippen LogP contribution is 2.32. The Morgan fingerprint density at radius 1 is 1.00 bits per heavy atom. The minimum absolute atomic E-state index is 0.228. The van der Waals surface area contributed by atoms with E-state index in [1.807, 2.05) is 48.5 Å². The summed E-state index contributed by atoms with van der Waals surface area (Å²) in [4.78, 5) is 15.7. The largest absolute Gasteiger partial charge is 0.275 e. The Balaban J connectivity index is 2.32. The molecule has 1 heterocycles. The molecule has 0 aliphatic carbocycles. The SMILES string of the molecule is O=C(Cl)c1cnc2c(-c3ccccc3)cccc2c1Cl. The third-order valence-electron chi connectivity index (χ3n) is 3.13. The molecule has 98 valence electrons. The predicted octanol–water partition coefficient (Wildman–Crippen LogP) is 4.93. The number of nitrogens with zero attached hydrogens (tertiary/aromatic N) is 1. The molecular formula is C16H9Cl2NO. The van der Waals surface area contributed by atoms with E-state index in [9.17, 15) is 4.79 Å². The molecule has 2 aromatic carbocycles. The second-order valence-corrected chi connectivity index (χ2v) is 5.05. The van der Waals surface area contributed by atoms with Crippen molar-refractivity contribution in [3.8, 4) is 11.1 Å². The Bertz CT molecular complexity index is 800. The van der Waals surface area contributed by atoms with Gasteiger partial charge in [-0.15, -0.1) is 0 Å². The minimum atomic E-state index is -0.602. The molecule has 4 heteroatoms. The van der Waals surface area contributed by atoms with Crippen molar-refractivity contribution >= 4 is 39.3 Å². The van der Waals surface area contributed by atoms with Crippen molar-refractivity contribution in [2.24, 2.45) is 0 Å². The quantitative estimate of drug-likeness (QED) is 0.628. The number of rotatable bonds is 2. The van der Waals surface area contributed by atoms with Crippen LogP contribution < -0.4 is 0 Å². The van der Waals surface area contributed by atoms with Gasteiger partial charge in [-0.1, -0.05) is 60.1 Å². The molecule has 0 N–H and O–H groups in total. The number of benzene rings is 2. The van der Waals surface area contributed by atoms with Crippen LogP contribution in [-0.2, 0) is 0 Å². The Hall–Kier alpha value is -1.90. The van der Waals surface area contributed by atoms with Gasteiger partial charge in [0.15, 0.2) is 0 Å².